The summed E-state index contributed by atoms with van der Waals surface area (Å²) < 4.78 is 28.9. The maximum atomic E-state index is 14.0. The minimum Gasteiger partial charge on any atom is -0.354 e. The van der Waals surface area contributed by atoms with Crippen LogP contribution in [0.4, 0.5) is 5.69 Å². The number of nitrogens with one attached hydrogen (secondary N) is 1. The predicted octanol–water partition coefficient (Wildman–Crippen LogP) is 6.65. The number of carbonyl (C=O) groups excluding carboxylic acids is 2. The van der Waals surface area contributed by atoms with E-state index in [4.69, 9.17) is 34.8 Å². The maximum Gasteiger partial charge on any atom is 0.264 e. The fourth-order valence-electron chi connectivity index (χ4n) is 4.01. The van der Waals surface area contributed by atoms with E-state index in [0.717, 1.165) is 15.4 Å². The summed E-state index contributed by atoms with van der Waals surface area (Å²) in [6.45, 7) is 9.21. The van der Waals surface area contributed by atoms with E-state index in [0.29, 0.717) is 32.9 Å². The summed E-state index contributed by atoms with van der Waals surface area (Å²) in [6, 6.07) is 15.0. The van der Waals surface area contributed by atoms with E-state index in [9.17, 15) is 18.0 Å². The molecular weight excluding hydrogens is 605 g/mol. The molecule has 1 atom stereocenters. The Morgan fingerprint density at radius 2 is 1.51 bits per heavy atom. The van der Waals surface area contributed by atoms with Gasteiger partial charge in [-0.25, -0.2) is 8.42 Å². The monoisotopic (exact) mass is 637 g/mol. The molecule has 220 valence electrons. The van der Waals surface area contributed by atoms with Gasteiger partial charge < -0.3 is 10.2 Å². The number of halogens is 3. The highest BCUT2D eigenvalue weighted by atomic mass is 35.5. The van der Waals surface area contributed by atoms with Gasteiger partial charge in [-0.2, -0.15) is 0 Å². The molecule has 1 unspecified atom stereocenters. The third-order valence-electron chi connectivity index (χ3n) is 6.65. The number of hydrogen-bond acceptors (Lipinski definition) is 4. The number of sulfonamides is 1. The van der Waals surface area contributed by atoms with Crippen molar-refractivity contribution in [3.05, 3.63) is 92.4 Å². The lowest BCUT2D eigenvalue weighted by molar-refractivity contribution is -0.139. The fraction of sp³-hybridized carbons (Fsp3) is 0.333. The van der Waals surface area contributed by atoms with Gasteiger partial charge in [0.2, 0.25) is 11.8 Å². The molecule has 3 aromatic rings. The highest BCUT2D eigenvalue weighted by molar-refractivity contribution is 7.92. The highest BCUT2D eigenvalue weighted by Crippen LogP contribution is 2.28. The molecule has 0 radical (unpaired) electrons. The van der Waals surface area contributed by atoms with Gasteiger partial charge in [0.15, 0.2) is 0 Å². The van der Waals surface area contributed by atoms with Gasteiger partial charge in [-0.3, -0.25) is 13.9 Å². The SMILES string of the molecule is Cc1ccc(N(CC(=O)N(Cc2ccc(Cl)c(Cl)c2)C(C)C(=O)NCC(C)C)S(=O)(=O)c2ccc(Cl)cc2)cc1C. The largest absolute Gasteiger partial charge is 0.354 e. The number of nitrogens with zero attached hydrogens (tertiary/aromatic N) is 2. The quantitative estimate of drug-likeness (QED) is 0.255. The highest BCUT2D eigenvalue weighted by Gasteiger charge is 2.32. The molecule has 7 nitrogen and oxygen atoms in total. The average Bonchev–Trinajstić information content (AvgIpc) is 2.92. The molecule has 3 rings (SSSR count). The molecule has 2 amide bonds. The first-order chi connectivity index (χ1) is 19.2. The number of hydrogen-bond donors (Lipinski definition) is 1. The second-order valence-corrected chi connectivity index (χ2v) is 13.4. The van der Waals surface area contributed by atoms with Gasteiger partial charge in [0.1, 0.15) is 12.6 Å². The molecule has 0 saturated heterocycles. The Morgan fingerprint density at radius 3 is 2.10 bits per heavy atom. The second kappa shape index (κ2) is 13.9. The molecule has 0 aromatic heterocycles. The number of aryl methyl sites for hydroxylation is 2. The van der Waals surface area contributed by atoms with E-state index in [-0.39, 0.29) is 23.3 Å². The first-order valence-corrected chi connectivity index (χ1v) is 15.6. The Balaban J connectivity index is 2.05. The Hall–Kier alpha value is -2.78. The van der Waals surface area contributed by atoms with Gasteiger partial charge in [0.05, 0.1) is 20.6 Å². The number of carbonyl (C=O) groups is 2. The molecular formula is C30H34Cl3N3O4S. The van der Waals surface area contributed by atoms with E-state index in [1.165, 1.54) is 29.2 Å². The lowest BCUT2D eigenvalue weighted by Gasteiger charge is -2.32. The van der Waals surface area contributed by atoms with E-state index in [1.807, 2.05) is 27.7 Å². The zero-order valence-corrected chi connectivity index (χ0v) is 26.7. The lowest BCUT2D eigenvalue weighted by Crippen LogP contribution is -2.51. The molecule has 3 aromatic carbocycles. The summed E-state index contributed by atoms with van der Waals surface area (Å²) in [6.07, 6.45) is 0. The number of amides is 2. The van der Waals surface area contributed by atoms with Gasteiger partial charge in [-0.1, -0.05) is 60.8 Å². The summed E-state index contributed by atoms with van der Waals surface area (Å²) in [7, 11) is -4.19. The van der Waals surface area contributed by atoms with Gasteiger partial charge >= 0.3 is 0 Å². The van der Waals surface area contributed by atoms with Crippen LogP contribution in [0.1, 0.15) is 37.5 Å². The number of rotatable bonds is 11. The van der Waals surface area contributed by atoms with Crippen LogP contribution in [-0.2, 0) is 26.2 Å². The normalized spacial score (nSPS) is 12.2. The number of benzene rings is 3. The van der Waals surface area contributed by atoms with Gasteiger partial charge in [-0.15, -0.1) is 0 Å². The first kappa shape index (κ1) is 32.7. The smallest absolute Gasteiger partial charge is 0.264 e. The van der Waals surface area contributed by atoms with Crippen LogP contribution < -0.4 is 9.62 Å². The summed E-state index contributed by atoms with van der Waals surface area (Å²) in [5.74, 6) is -0.723. The van der Waals surface area contributed by atoms with Crippen molar-refractivity contribution in [2.24, 2.45) is 5.92 Å². The van der Waals surface area contributed by atoms with E-state index in [1.54, 1.807) is 43.3 Å². The standard InChI is InChI=1S/C30H34Cl3N3O4S/c1-19(2)16-34-30(38)22(5)35(17-23-7-13-27(32)28(33)15-23)29(37)18-36(25-10-6-20(3)21(4)14-25)41(39,40)26-11-8-24(31)9-12-26/h6-15,19,22H,16-18H2,1-5H3,(H,34,38). The fourth-order valence-corrected chi connectivity index (χ4v) is 5.87. The zero-order chi connectivity index (χ0) is 30.5. The average molecular weight is 639 g/mol. The van der Waals surface area contributed by atoms with E-state index in [2.05, 4.69) is 5.32 Å². The lowest BCUT2D eigenvalue weighted by atomic mass is 10.1. The Bertz CT molecular complexity index is 1510. The van der Waals surface area contributed by atoms with Gasteiger partial charge in [0, 0.05) is 18.1 Å². The van der Waals surface area contributed by atoms with Gasteiger partial charge in [0.25, 0.3) is 10.0 Å². The van der Waals surface area contributed by atoms with Crippen molar-refractivity contribution in [1.29, 1.82) is 0 Å². The van der Waals surface area contributed by atoms with Crippen LogP contribution in [0.25, 0.3) is 0 Å². The van der Waals surface area contributed by atoms with Crippen LogP contribution in [-0.4, -0.2) is 44.3 Å². The van der Waals surface area contributed by atoms with Crippen LogP contribution in [0.2, 0.25) is 15.1 Å². The predicted molar refractivity (Wildman–Crippen MR) is 166 cm³/mol. The summed E-state index contributed by atoms with van der Waals surface area (Å²) in [5, 5.41) is 3.89. The minimum atomic E-state index is -4.19. The third kappa shape index (κ3) is 8.38. The molecule has 0 aliphatic heterocycles. The van der Waals surface area contributed by atoms with Gasteiger partial charge in [-0.05, 0) is 91.9 Å². The second-order valence-electron chi connectivity index (χ2n) is 10.3. The van der Waals surface area contributed by atoms with Crippen LogP contribution >= 0.6 is 34.8 Å². The Labute approximate surface area is 257 Å². The first-order valence-electron chi connectivity index (χ1n) is 13.1. The molecule has 41 heavy (non-hydrogen) atoms. The van der Waals surface area contributed by atoms with Crippen LogP contribution in [0, 0.1) is 19.8 Å². The summed E-state index contributed by atoms with van der Waals surface area (Å²) in [4.78, 5) is 28.4. The molecule has 1 N–H and O–H groups in total. The molecule has 0 aliphatic rings. The summed E-state index contributed by atoms with van der Waals surface area (Å²) in [5.41, 5.74) is 2.79. The maximum absolute atomic E-state index is 14.0. The van der Waals surface area contributed by atoms with Crippen molar-refractivity contribution in [3.8, 4) is 0 Å². The van der Waals surface area contributed by atoms with Crippen molar-refractivity contribution < 1.29 is 18.0 Å². The van der Waals surface area contributed by atoms with Crippen LogP contribution in [0.3, 0.4) is 0 Å². The van der Waals surface area contributed by atoms with Crippen molar-refractivity contribution in [1.82, 2.24) is 10.2 Å². The molecule has 0 bridgehead atoms. The Morgan fingerprint density at radius 1 is 0.854 bits per heavy atom. The molecule has 11 heteroatoms. The molecule has 0 aliphatic carbocycles. The Kier molecular flexibility index (Phi) is 11.1. The number of anilines is 1. The van der Waals surface area contributed by atoms with Crippen molar-refractivity contribution >= 4 is 62.3 Å². The molecule has 0 spiro atoms. The van der Waals surface area contributed by atoms with Crippen LogP contribution in [0.5, 0.6) is 0 Å². The van der Waals surface area contributed by atoms with E-state index < -0.39 is 28.5 Å². The summed E-state index contributed by atoms with van der Waals surface area (Å²) >= 11 is 18.3. The van der Waals surface area contributed by atoms with Crippen molar-refractivity contribution in [2.45, 2.75) is 52.1 Å². The van der Waals surface area contributed by atoms with Crippen molar-refractivity contribution in [2.75, 3.05) is 17.4 Å². The van der Waals surface area contributed by atoms with Crippen LogP contribution in [0.15, 0.2) is 65.6 Å². The zero-order valence-electron chi connectivity index (χ0n) is 23.6. The third-order valence-corrected chi connectivity index (χ3v) is 9.43. The molecule has 0 saturated carbocycles. The topological polar surface area (TPSA) is 86.8 Å². The van der Waals surface area contributed by atoms with Crippen molar-refractivity contribution in [3.63, 3.8) is 0 Å². The minimum absolute atomic E-state index is 0.00768. The van der Waals surface area contributed by atoms with E-state index >= 15 is 0 Å². The molecule has 0 heterocycles. The molecule has 0 fully saturated rings.